The number of nitrogen functional groups attached to an aromatic ring is 1. The standard InChI is InChI=1S/C18H19BN4O5S/c1-2-17-21-18(28-22-17)8-12-7-13(20)4-6-16(12)29(25,26)23-14-5-3-11-10-27-19(24)15(11)9-14/h3-7,9,23-24H,2,8,10,20H2,1H3. The molecule has 3 aromatic rings. The molecule has 0 radical (unpaired) electrons. The normalized spacial score (nSPS) is 13.5. The highest BCUT2D eigenvalue weighted by Crippen LogP contribution is 2.25. The van der Waals surface area contributed by atoms with Crippen molar-refractivity contribution in [2.24, 2.45) is 0 Å². The number of hydrogen-bond donors (Lipinski definition) is 3. The minimum absolute atomic E-state index is 0.0558. The van der Waals surface area contributed by atoms with Crippen LogP contribution in [0.25, 0.3) is 0 Å². The van der Waals surface area contributed by atoms with Crippen molar-refractivity contribution in [2.45, 2.75) is 31.3 Å². The molecule has 2 aromatic carbocycles. The number of rotatable bonds is 6. The molecule has 0 saturated heterocycles. The second kappa shape index (κ2) is 7.50. The van der Waals surface area contributed by atoms with E-state index in [0.717, 1.165) is 5.56 Å². The van der Waals surface area contributed by atoms with E-state index in [4.69, 9.17) is 14.9 Å². The summed E-state index contributed by atoms with van der Waals surface area (Å²) in [5.41, 5.74) is 8.40. The quantitative estimate of drug-likeness (QED) is 0.398. The van der Waals surface area contributed by atoms with Gasteiger partial charge in [-0.15, -0.1) is 0 Å². The third-order valence-corrected chi connectivity index (χ3v) is 6.08. The number of sulfonamides is 1. The maximum Gasteiger partial charge on any atom is 0.491 e. The van der Waals surface area contributed by atoms with Gasteiger partial charge in [0.2, 0.25) is 5.89 Å². The van der Waals surface area contributed by atoms with Gasteiger partial charge in [-0.3, -0.25) is 4.72 Å². The van der Waals surface area contributed by atoms with Crippen LogP contribution >= 0.6 is 0 Å². The van der Waals surface area contributed by atoms with Crippen LogP contribution in [0.15, 0.2) is 45.8 Å². The van der Waals surface area contributed by atoms with E-state index in [1.54, 1.807) is 24.3 Å². The summed E-state index contributed by atoms with van der Waals surface area (Å²) in [6, 6.07) is 9.44. The van der Waals surface area contributed by atoms with Crippen molar-refractivity contribution in [3.8, 4) is 0 Å². The Morgan fingerprint density at radius 2 is 2.10 bits per heavy atom. The van der Waals surface area contributed by atoms with E-state index in [2.05, 4.69) is 14.9 Å². The van der Waals surface area contributed by atoms with Crippen LogP contribution in [0.3, 0.4) is 0 Å². The summed E-state index contributed by atoms with van der Waals surface area (Å²) in [6.45, 7) is 2.18. The number of nitrogens with two attached hydrogens (primary N) is 1. The zero-order chi connectivity index (χ0) is 20.6. The number of anilines is 2. The minimum Gasteiger partial charge on any atom is -0.423 e. The maximum atomic E-state index is 13.1. The van der Waals surface area contributed by atoms with Gasteiger partial charge < -0.3 is 19.9 Å². The summed E-state index contributed by atoms with van der Waals surface area (Å²) in [5, 5.41) is 13.7. The van der Waals surface area contributed by atoms with Gasteiger partial charge in [0.25, 0.3) is 10.0 Å². The lowest BCUT2D eigenvalue weighted by molar-refractivity contribution is 0.275. The fraction of sp³-hybridized carbons (Fsp3) is 0.222. The zero-order valence-electron chi connectivity index (χ0n) is 15.6. The average Bonchev–Trinajstić information content (AvgIpc) is 3.28. The van der Waals surface area contributed by atoms with Gasteiger partial charge in [-0.25, -0.2) is 8.42 Å². The SMILES string of the molecule is CCc1noc(Cc2cc(N)ccc2S(=O)(=O)Nc2ccc3c(c2)B(O)OC3)n1. The highest BCUT2D eigenvalue weighted by molar-refractivity contribution is 7.92. The summed E-state index contributed by atoms with van der Waals surface area (Å²) < 4.78 is 39.0. The van der Waals surface area contributed by atoms with Gasteiger partial charge in [0.05, 0.1) is 17.9 Å². The fourth-order valence-electron chi connectivity index (χ4n) is 3.16. The van der Waals surface area contributed by atoms with E-state index < -0.39 is 17.1 Å². The number of nitrogens with zero attached hydrogens (tertiary/aromatic N) is 2. The Morgan fingerprint density at radius 1 is 1.28 bits per heavy atom. The van der Waals surface area contributed by atoms with E-state index >= 15 is 0 Å². The largest absolute Gasteiger partial charge is 0.491 e. The predicted octanol–water partition coefficient (Wildman–Crippen LogP) is 0.823. The van der Waals surface area contributed by atoms with Crippen molar-refractivity contribution in [1.29, 1.82) is 0 Å². The number of hydrogen-bond acceptors (Lipinski definition) is 8. The Balaban J connectivity index is 1.65. The molecule has 0 spiro atoms. The Labute approximate surface area is 168 Å². The molecule has 0 saturated carbocycles. The highest BCUT2D eigenvalue weighted by atomic mass is 32.2. The Hall–Kier alpha value is -2.89. The van der Waals surface area contributed by atoms with Gasteiger partial charge in [0.1, 0.15) is 0 Å². The molecule has 0 amide bonds. The first-order valence-electron chi connectivity index (χ1n) is 9.01. The van der Waals surface area contributed by atoms with Crippen LogP contribution in [0.5, 0.6) is 0 Å². The second-order valence-electron chi connectivity index (χ2n) is 6.68. The summed E-state index contributed by atoms with van der Waals surface area (Å²) in [7, 11) is -5.00. The van der Waals surface area contributed by atoms with Crippen LogP contribution in [-0.4, -0.2) is 30.7 Å². The number of aryl methyl sites for hydroxylation is 1. The third kappa shape index (κ3) is 3.97. The lowest BCUT2D eigenvalue weighted by Crippen LogP contribution is -2.28. The molecule has 4 rings (SSSR count). The van der Waals surface area contributed by atoms with Crippen molar-refractivity contribution in [3.63, 3.8) is 0 Å². The molecule has 1 aromatic heterocycles. The van der Waals surface area contributed by atoms with Crippen LogP contribution in [0.4, 0.5) is 11.4 Å². The summed E-state index contributed by atoms with van der Waals surface area (Å²) in [6.07, 6.45) is 0.742. The van der Waals surface area contributed by atoms with Crippen LogP contribution in [-0.2, 0) is 34.1 Å². The molecule has 2 heterocycles. The van der Waals surface area contributed by atoms with Gasteiger partial charge in [-0.1, -0.05) is 18.1 Å². The van der Waals surface area contributed by atoms with Gasteiger partial charge in [-0.05, 0) is 46.9 Å². The van der Waals surface area contributed by atoms with E-state index in [9.17, 15) is 13.4 Å². The molecule has 150 valence electrons. The molecule has 0 aliphatic carbocycles. The van der Waals surface area contributed by atoms with Crippen molar-refractivity contribution >= 4 is 34.0 Å². The first-order valence-corrected chi connectivity index (χ1v) is 10.5. The lowest BCUT2D eigenvalue weighted by Gasteiger charge is -2.13. The fourth-order valence-corrected chi connectivity index (χ4v) is 4.43. The van der Waals surface area contributed by atoms with Crippen LogP contribution < -0.4 is 15.9 Å². The number of fused-ring (bicyclic) bond motifs is 1. The van der Waals surface area contributed by atoms with Gasteiger partial charge >= 0.3 is 7.12 Å². The summed E-state index contributed by atoms with van der Waals surface area (Å²) in [4.78, 5) is 4.29. The highest BCUT2D eigenvalue weighted by Gasteiger charge is 2.28. The monoisotopic (exact) mass is 414 g/mol. The Kier molecular flexibility index (Phi) is 5.03. The van der Waals surface area contributed by atoms with E-state index in [-0.39, 0.29) is 17.9 Å². The molecule has 4 N–H and O–H groups in total. The van der Waals surface area contributed by atoms with Crippen LogP contribution in [0, 0.1) is 0 Å². The molecule has 0 fully saturated rings. The lowest BCUT2D eigenvalue weighted by atomic mass is 9.79. The Morgan fingerprint density at radius 3 is 2.86 bits per heavy atom. The molecule has 0 atom stereocenters. The van der Waals surface area contributed by atoms with E-state index in [0.29, 0.717) is 40.5 Å². The van der Waals surface area contributed by atoms with Crippen molar-refractivity contribution < 1.29 is 22.6 Å². The summed E-state index contributed by atoms with van der Waals surface area (Å²) in [5.74, 6) is 0.854. The van der Waals surface area contributed by atoms with Gasteiger partial charge in [0.15, 0.2) is 5.82 Å². The number of aromatic nitrogens is 2. The minimum atomic E-state index is -3.93. The molecule has 0 bridgehead atoms. The second-order valence-corrected chi connectivity index (χ2v) is 8.34. The average molecular weight is 414 g/mol. The van der Waals surface area contributed by atoms with Crippen molar-refractivity contribution in [1.82, 2.24) is 10.1 Å². The van der Waals surface area contributed by atoms with Crippen molar-refractivity contribution in [3.05, 3.63) is 59.2 Å². The molecular formula is C18H19BN4O5S. The van der Waals surface area contributed by atoms with E-state index in [1.165, 1.54) is 12.1 Å². The van der Waals surface area contributed by atoms with Crippen molar-refractivity contribution in [2.75, 3.05) is 10.5 Å². The maximum absolute atomic E-state index is 13.1. The van der Waals surface area contributed by atoms with E-state index in [1.807, 2.05) is 6.92 Å². The molecule has 1 aliphatic rings. The number of benzene rings is 2. The van der Waals surface area contributed by atoms with Crippen LogP contribution in [0.2, 0.25) is 0 Å². The first kappa shape index (κ1) is 19.4. The molecule has 11 heteroatoms. The Bertz CT molecular complexity index is 1160. The molecule has 9 nitrogen and oxygen atoms in total. The summed E-state index contributed by atoms with van der Waals surface area (Å²) >= 11 is 0. The molecule has 1 aliphatic heterocycles. The van der Waals surface area contributed by atoms with Gasteiger partial charge in [-0.2, -0.15) is 4.98 Å². The first-order chi connectivity index (χ1) is 13.9. The molecule has 29 heavy (non-hydrogen) atoms. The molecular weight excluding hydrogens is 395 g/mol. The van der Waals surface area contributed by atoms with Gasteiger partial charge in [0, 0.05) is 17.8 Å². The smallest absolute Gasteiger partial charge is 0.423 e. The van der Waals surface area contributed by atoms with Crippen LogP contribution in [0.1, 0.15) is 29.8 Å². The molecule has 0 unspecified atom stereocenters. The topological polar surface area (TPSA) is 141 Å². The predicted molar refractivity (Wildman–Crippen MR) is 107 cm³/mol. The zero-order valence-corrected chi connectivity index (χ0v) is 16.4. The number of nitrogens with one attached hydrogen (secondary N) is 1. The third-order valence-electron chi connectivity index (χ3n) is 4.60.